The van der Waals surface area contributed by atoms with Gasteiger partial charge in [0, 0.05) is 21.6 Å². The number of halogens is 3. The number of rotatable bonds is 1. The zero-order valence-electron chi connectivity index (χ0n) is 8.69. The lowest BCUT2D eigenvalue weighted by Crippen LogP contribution is -2.05. The van der Waals surface area contributed by atoms with Gasteiger partial charge in [0.15, 0.2) is 5.43 Å². The molecule has 1 aliphatic carbocycles. The quantitative estimate of drug-likeness (QED) is 0.767. The van der Waals surface area contributed by atoms with Crippen LogP contribution in [-0.2, 0) is 0 Å². The third kappa shape index (κ3) is 1.90. The lowest BCUT2D eigenvalue weighted by molar-refractivity contribution is 1.04. The van der Waals surface area contributed by atoms with Crippen LogP contribution in [0.3, 0.4) is 0 Å². The van der Waals surface area contributed by atoms with Gasteiger partial charge in [-0.25, -0.2) is 0 Å². The van der Waals surface area contributed by atoms with E-state index in [0.29, 0.717) is 31.3 Å². The number of hydrogen-bond donors (Lipinski definition) is 1. The van der Waals surface area contributed by atoms with Crippen LogP contribution in [0.1, 0.15) is 24.5 Å². The molecule has 0 aliphatic heterocycles. The van der Waals surface area contributed by atoms with Gasteiger partial charge >= 0.3 is 0 Å². The third-order valence-electron chi connectivity index (χ3n) is 3.00. The Morgan fingerprint density at radius 1 is 1.24 bits per heavy atom. The second-order valence-corrected chi connectivity index (χ2v) is 5.88. The van der Waals surface area contributed by atoms with Gasteiger partial charge in [0.2, 0.25) is 0 Å². The molecule has 88 valence electrons. The van der Waals surface area contributed by atoms with Crippen molar-refractivity contribution in [1.82, 2.24) is 4.98 Å². The summed E-state index contributed by atoms with van der Waals surface area (Å²) in [5.74, 6) is 0.477. The van der Waals surface area contributed by atoms with E-state index in [0.717, 1.165) is 18.5 Å². The van der Waals surface area contributed by atoms with Crippen LogP contribution in [0, 0.1) is 0 Å². The van der Waals surface area contributed by atoms with E-state index in [9.17, 15) is 4.79 Å². The van der Waals surface area contributed by atoms with Crippen molar-refractivity contribution in [2.24, 2.45) is 0 Å². The Kier molecular flexibility index (Phi) is 2.73. The number of H-pyrrole nitrogens is 1. The molecule has 0 atom stereocenters. The van der Waals surface area contributed by atoms with Crippen LogP contribution in [0.15, 0.2) is 21.4 Å². The fourth-order valence-corrected chi connectivity index (χ4v) is 2.87. The summed E-state index contributed by atoms with van der Waals surface area (Å²) in [6.45, 7) is 0. The molecule has 1 aliphatic rings. The Bertz CT molecular complexity index is 676. The number of hydrogen-bond acceptors (Lipinski definition) is 1. The molecule has 1 fully saturated rings. The Morgan fingerprint density at radius 3 is 2.59 bits per heavy atom. The summed E-state index contributed by atoms with van der Waals surface area (Å²) in [6, 6.07) is 3.37. The Morgan fingerprint density at radius 2 is 1.94 bits per heavy atom. The first-order valence-electron chi connectivity index (χ1n) is 5.28. The zero-order chi connectivity index (χ0) is 12.2. The van der Waals surface area contributed by atoms with Crippen LogP contribution in [0.2, 0.25) is 10.0 Å². The van der Waals surface area contributed by atoms with E-state index in [2.05, 4.69) is 20.9 Å². The summed E-state index contributed by atoms with van der Waals surface area (Å²) in [7, 11) is 0. The first kappa shape index (κ1) is 11.6. The molecule has 0 radical (unpaired) electrons. The molecule has 1 N–H and O–H groups in total. The highest BCUT2D eigenvalue weighted by molar-refractivity contribution is 9.10. The molecule has 1 aromatic carbocycles. The van der Waals surface area contributed by atoms with Gasteiger partial charge in [-0.05, 0) is 40.8 Å². The summed E-state index contributed by atoms with van der Waals surface area (Å²) in [6.07, 6.45) is 2.26. The van der Waals surface area contributed by atoms with E-state index in [1.165, 1.54) is 0 Å². The number of fused-ring (bicyclic) bond motifs is 1. The smallest absolute Gasteiger partial charge is 0.189 e. The van der Waals surface area contributed by atoms with E-state index in [1.54, 1.807) is 12.1 Å². The molecule has 1 saturated carbocycles. The maximum absolute atomic E-state index is 12.0. The number of benzene rings is 1. The van der Waals surface area contributed by atoms with Crippen molar-refractivity contribution in [1.29, 1.82) is 0 Å². The number of nitrogens with one attached hydrogen (secondary N) is 1. The number of aromatic nitrogens is 1. The standard InChI is InChI=1S/C12H8BrCl2NO/c13-7-3-6-9(17)4-8(5-1-2-5)16-12(6)11(15)10(7)14/h3-5H,1-2H2,(H,16,17). The highest BCUT2D eigenvalue weighted by Gasteiger charge is 2.25. The molecule has 0 saturated heterocycles. The van der Waals surface area contributed by atoms with Crippen LogP contribution in [0.4, 0.5) is 0 Å². The summed E-state index contributed by atoms with van der Waals surface area (Å²) < 4.78 is 0.640. The first-order chi connectivity index (χ1) is 8.08. The van der Waals surface area contributed by atoms with Crippen LogP contribution in [0.25, 0.3) is 10.9 Å². The van der Waals surface area contributed by atoms with Crippen molar-refractivity contribution >= 4 is 50.0 Å². The molecule has 1 aromatic heterocycles. The van der Waals surface area contributed by atoms with Gasteiger partial charge in [0.1, 0.15) is 0 Å². The SMILES string of the molecule is O=c1cc(C2CC2)[nH]c2c(Cl)c(Cl)c(Br)cc12. The second-order valence-electron chi connectivity index (χ2n) is 4.27. The Labute approximate surface area is 116 Å². The summed E-state index contributed by atoms with van der Waals surface area (Å²) in [4.78, 5) is 15.2. The molecule has 5 heteroatoms. The minimum Gasteiger partial charge on any atom is -0.357 e. The van der Waals surface area contributed by atoms with Crippen molar-refractivity contribution in [3.63, 3.8) is 0 Å². The Hall–Kier alpha value is -0.510. The molecular formula is C12H8BrCl2NO. The highest BCUT2D eigenvalue weighted by Crippen LogP contribution is 2.40. The van der Waals surface area contributed by atoms with Gasteiger partial charge < -0.3 is 4.98 Å². The van der Waals surface area contributed by atoms with Crippen LogP contribution in [0.5, 0.6) is 0 Å². The molecule has 0 spiro atoms. The van der Waals surface area contributed by atoms with Gasteiger partial charge in [-0.2, -0.15) is 0 Å². The van der Waals surface area contributed by atoms with Crippen molar-refractivity contribution in [3.8, 4) is 0 Å². The third-order valence-corrected chi connectivity index (χ3v) is 4.72. The van der Waals surface area contributed by atoms with E-state index >= 15 is 0 Å². The van der Waals surface area contributed by atoms with Gasteiger partial charge in [0.05, 0.1) is 15.6 Å². The summed E-state index contributed by atoms with van der Waals surface area (Å²) in [5.41, 5.74) is 1.58. The monoisotopic (exact) mass is 331 g/mol. The lowest BCUT2D eigenvalue weighted by atomic mass is 10.1. The Balaban J connectivity index is 2.40. The van der Waals surface area contributed by atoms with Gasteiger partial charge in [0.25, 0.3) is 0 Å². The molecule has 3 rings (SSSR count). The fourth-order valence-electron chi connectivity index (χ4n) is 1.93. The van der Waals surface area contributed by atoms with Gasteiger partial charge in [-0.3, -0.25) is 4.79 Å². The van der Waals surface area contributed by atoms with E-state index < -0.39 is 0 Å². The van der Waals surface area contributed by atoms with Gasteiger partial charge in [-0.1, -0.05) is 23.2 Å². The molecule has 0 amide bonds. The minimum absolute atomic E-state index is 0.0140. The first-order valence-corrected chi connectivity index (χ1v) is 6.83. The average molecular weight is 333 g/mol. The molecule has 17 heavy (non-hydrogen) atoms. The molecular weight excluding hydrogens is 325 g/mol. The summed E-state index contributed by atoms with van der Waals surface area (Å²) in [5, 5.41) is 1.40. The summed E-state index contributed by atoms with van der Waals surface area (Å²) >= 11 is 15.5. The molecule has 2 aromatic rings. The topological polar surface area (TPSA) is 32.9 Å². The predicted octanol–water partition coefficient (Wildman–Crippen LogP) is 4.47. The van der Waals surface area contributed by atoms with Crippen LogP contribution < -0.4 is 5.43 Å². The average Bonchev–Trinajstić information content (AvgIpc) is 3.11. The highest BCUT2D eigenvalue weighted by atomic mass is 79.9. The van der Waals surface area contributed by atoms with Crippen molar-refractivity contribution in [3.05, 3.63) is 42.6 Å². The van der Waals surface area contributed by atoms with Crippen molar-refractivity contribution in [2.75, 3.05) is 0 Å². The predicted molar refractivity (Wildman–Crippen MR) is 74.3 cm³/mol. The van der Waals surface area contributed by atoms with Gasteiger partial charge in [-0.15, -0.1) is 0 Å². The largest absolute Gasteiger partial charge is 0.357 e. The lowest BCUT2D eigenvalue weighted by Gasteiger charge is -2.07. The molecule has 0 bridgehead atoms. The number of pyridine rings is 1. The number of aromatic amines is 1. The second kappa shape index (κ2) is 4.01. The fraction of sp³-hybridized carbons (Fsp3) is 0.250. The van der Waals surface area contributed by atoms with Crippen molar-refractivity contribution < 1.29 is 0 Å². The van der Waals surface area contributed by atoms with Crippen LogP contribution >= 0.6 is 39.1 Å². The van der Waals surface area contributed by atoms with E-state index in [1.807, 2.05) is 0 Å². The zero-order valence-corrected chi connectivity index (χ0v) is 11.8. The van der Waals surface area contributed by atoms with Crippen LogP contribution in [-0.4, -0.2) is 4.98 Å². The molecule has 2 nitrogen and oxygen atoms in total. The molecule has 1 heterocycles. The van der Waals surface area contributed by atoms with E-state index in [-0.39, 0.29) is 5.43 Å². The van der Waals surface area contributed by atoms with E-state index in [4.69, 9.17) is 23.2 Å². The minimum atomic E-state index is -0.0140. The molecule has 0 unspecified atom stereocenters. The normalized spacial score (nSPS) is 15.5. The van der Waals surface area contributed by atoms with Crippen molar-refractivity contribution in [2.45, 2.75) is 18.8 Å². The maximum Gasteiger partial charge on any atom is 0.189 e. The maximum atomic E-state index is 12.0.